The lowest BCUT2D eigenvalue weighted by molar-refractivity contribution is 0.627. The van der Waals surface area contributed by atoms with Crippen LogP contribution in [0.15, 0.2) is 28.9 Å². The molecule has 2 rings (SSSR count). The average Bonchev–Trinajstić information content (AvgIpc) is 2.51. The van der Waals surface area contributed by atoms with Gasteiger partial charge in [0.05, 0.1) is 11.9 Å². The lowest BCUT2D eigenvalue weighted by Crippen LogP contribution is -1.86. The van der Waals surface area contributed by atoms with E-state index in [1.807, 2.05) is 0 Å². The van der Waals surface area contributed by atoms with Gasteiger partial charge in [-0.2, -0.15) is 0 Å². The van der Waals surface area contributed by atoms with Gasteiger partial charge in [0.25, 0.3) is 0 Å². The molecule has 72 valence electrons. The maximum absolute atomic E-state index is 12.8. The fraction of sp³-hybridized carbons (Fsp3) is 0. The van der Waals surface area contributed by atoms with Gasteiger partial charge in [-0.05, 0) is 34.1 Å². The van der Waals surface area contributed by atoms with Crippen LogP contribution in [0.5, 0.6) is 0 Å². The van der Waals surface area contributed by atoms with Gasteiger partial charge >= 0.3 is 0 Å². The van der Waals surface area contributed by atoms with Crippen molar-refractivity contribution in [1.82, 2.24) is 9.97 Å². The minimum atomic E-state index is -0.284. The molecule has 0 fully saturated rings. The van der Waals surface area contributed by atoms with E-state index in [2.05, 4.69) is 25.9 Å². The first-order valence-electron chi connectivity index (χ1n) is 3.93. The minimum Gasteiger partial charge on any atom is -0.369 e. The molecule has 0 atom stereocenters. The van der Waals surface area contributed by atoms with Crippen molar-refractivity contribution in [2.45, 2.75) is 0 Å². The van der Waals surface area contributed by atoms with Crippen LogP contribution in [0.25, 0.3) is 11.3 Å². The molecule has 2 aromatic rings. The van der Waals surface area contributed by atoms with Gasteiger partial charge in [0.2, 0.25) is 0 Å². The van der Waals surface area contributed by atoms with Crippen LogP contribution in [0.2, 0.25) is 0 Å². The standard InChI is InChI=1S/C9H7BrFN3/c10-7-3-5(11)1-2-6(7)8-4-13-9(12)14-8/h1-4H,(H3,12,13,14). The SMILES string of the molecule is Nc1ncc(-c2ccc(F)cc2Br)[nH]1. The number of aromatic amines is 1. The second-order valence-electron chi connectivity index (χ2n) is 2.81. The number of nitrogen functional groups attached to an aromatic ring is 1. The zero-order valence-electron chi connectivity index (χ0n) is 7.09. The van der Waals surface area contributed by atoms with Crippen LogP contribution in [0.3, 0.4) is 0 Å². The van der Waals surface area contributed by atoms with E-state index in [-0.39, 0.29) is 5.82 Å². The lowest BCUT2D eigenvalue weighted by atomic mass is 10.2. The molecule has 3 nitrogen and oxygen atoms in total. The number of anilines is 1. The van der Waals surface area contributed by atoms with Crippen molar-refractivity contribution in [2.75, 3.05) is 5.73 Å². The Morgan fingerprint density at radius 1 is 1.43 bits per heavy atom. The maximum atomic E-state index is 12.8. The molecule has 0 unspecified atom stereocenters. The van der Waals surface area contributed by atoms with Crippen molar-refractivity contribution < 1.29 is 4.39 Å². The Balaban J connectivity index is 2.52. The van der Waals surface area contributed by atoms with E-state index in [1.165, 1.54) is 12.1 Å². The second-order valence-corrected chi connectivity index (χ2v) is 3.66. The third-order valence-electron chi connectivity index (χ3n) is 1.82. The van der Waals surface area contributed by atoms with Gasteiger partial charge in [-0.15, -0.1) is 0 Å². The fourth-order valence-corrected chi connectivity index (χ4v) is 1.75. The molecular weight excluding hydrogens is 249 g/mol. The summed E-state index contributed by atoms with van der Waals surface area (Å²) in [5.74, 6) is 0.0596. The third kappa shape index (κ3) is 1.63. The summed E-state index contributed by atoms with van der Waals surface area (Å²) in [6.45, 7) is 0. The van der Waals surface area contributed by atoms with E-state index in [4.69, 9.17) is 5.73 Å². The van der Waals surface area contributed by atoms with E-state index in [0.717, 1.165) is 11.3 Å². The van der Waals surface area contributed by atoms with E-state index >= 15 is 0 Å². The number of nitrogens with zero attached hydrogens (tertiary/aromatic N) is 1. The first kappa shape index (κ1) is 9.21. The summed E-state index contributed by atoms with van der Waals surface area (Å²) in [7, 11) is 0. The number of halogens is 2. The number of aromatic nitrogens is 2. The molecule has 3 N–H and O–H groups in total. The van der Waals surface area contributed by atoms with Gasteiger partial charge in [-0.25, -0.2) is 9.37 Å². The zero-order valence-corrected chi connectivity index (χ0v) is 8.68. The normalized spacial score (nSPS) is 10.4. The van der Waals surface area contributed by atoms with E-state index in [0.29, 0.717) is 10.4 Å². The molecule has 0 radical (unpaired) electrons. The van der Waals surface area contributed by atoms with E-state index < -0.39 is 0 Å². The van der Waals surface area contributed by atoms with Crippen LogP contribution in [0.1, 0.15) is 0 Å². The summed E-state index contributed by atoms with van der Waals surface area (Å²) in [4.78, 5) is 6.73. The first-order valence-corrected chi connectivity index (χ1v) is 4.72. The topological polar surface area (TPSA) is 54.7 Å². The average molecular weight is 256 g/mol. The van der Waals surface area contributed by atoms with Crippen LogP contribution in [0.4, 0.5) is 10.3 Å². The highest BCUT2D eigenvalue weighted by molar-refractivity contribution is 9.10. The Hall–Kier alpha value is -1.36. The molecule has 1 aromatic heterocycles. The number of nitrogens with one attached hydrogen (secondary N) is 1. The molecule has 0 aliphatic heterocycles. The summed E-state index contributed by atoms with van der Waals surface area (Å²) < 4.78 is 13.5. The molecule has 0 aliphatic carbocycles. The summed E-state index contributed by atoms with van der Waals surface area (Å²) in [6.07, 6.45) is 1.60. The Kier molecular flexibility index (Phi) is 2.25. The number of hydrogen-bond donors (Lipinski definition) is 2. The monoisotopic (exact) mass is 255 g/mol. The van der Waals surface area contributed by atoms with Crippen molar-refractivity contribution in [3.63, 3.8) is 0 Å². The molecule has 0 aliphatic rings. The predicted molar refractivity (Wildman–Crippen MR) is 56.1 cm³/mol. The van der Waals surface area contributed by atoms with E-state index in [9.17, 15) is 4.39 Å². The van der Waals surface area contributed by atoms with E-state index in [1.54, 1.807) is 12.3 Å². The second kappa shape index (κ2) is 3.42. The molecule has 1 heterocycles. The molecule has 14 heavy (non-hydrogen) atoms. The zero-order chi connectivity index (χ0) is 10.1. The molecule has 5 heteroatoms. The number of rotatable bonds is 1. The molecular formula is C9H7BrFN3. The minimum absolute atomic E-state index is 0.284. The van der Waals surface area contributed by atoms with Crippen LogP contribution < -0.4 is 5.73 Å². The van der Waals surface area contributed by atoms with Crippen molar-refractivity contribution in [2.24, 2.45) is 0 Å². The van der Waals surface area contributed by atoms with Crippen LogP contribution in [-0.2, 0) is 0 Å². The van der Waals surface area contributed by atoms with Crippen LogP contribution >= 0.6 is 15.9 Å². The fourth-order valence-electron chi connectivity index (χ4n) is 1.18. The predicted octanol–water partition coefficient (Wildman–Crippen LogP) is 2.56. The Bertz CT molecular complexity index is 467. The molecule has 0 saturated heterocycles. The largest absolute Gasteiger partial charge is 0.369 e. The van der Waals surface area contributed by atoms with Gasteiger partial charge in [0.1, 0.15) is 5.82 Å². The van der Waals surface area contributed by atoms with Gasteiger partial charge in [-0.1, -0.05) is 0 Å². The maximum Gasteiger partial charge on any atom is 0.197 e. The van der Waals surface area contributed by atoms with Gasteiger partial charge in [0, 0.05) is 10.0 Å². The summed E-state index contributed by atoms with van der Waals surface area (Å²) >= 11 is 3.26. The number of imidazole rings is 1. The highest BCUT2D eigenvalue weighted by Crippen LogP contribution is 2.27. The number of hydrogen-bond acceptors (Lipinski definition) is 2. The van der Waals surface area contributed by atoms with Crippen LogP contribution in [-0.4, -0.2) is 9.97 Å². The van der Waals surface area contributed by atoms with Crippen molar-refractivity contribution in [3.8, 4) is 11.3 Å². The summed E-state index contributed by atoms with van der Waals surface area (Å²) in [5, 5.41) is 0. The lowest BCUT2D eigenvalue weighted by Gasteiger charge is -2.00. The smallest absolute Gasteiger partial charge is 0.197 e. The Morgan fingerprint density at radius 3 is 2.79 bits per heavy atom. The quantitative estimate of drug-likeness (QED) is 0.823. The van der Waals surface area contributed by atoms with Crippen molar-refractivity contribution in [3.05, 3.63) is 34.7 Å². The third-order valence-corrected chi connectivity index (χ3v) is 2.47. The Morgan fingerprint density at radius 2 is 2.21 bits per heavy atom. The molecule has 0 spiro atoms. The number of benzene rings is 1. The molecule has 0 saturated carbocycles. The highest BCUT2D eigenvalue weighted by atomic mass is 79.9. The summed E-state index contributed by atoms with van der Waals surface area (Å²) in [6, 6.07) is 4.44. The van der Waals surface area contributed by atoms with Gasteiger partial charge in [-0.3, -0.25) is 0 Å². The number of H-pyrrole nitrogens is 1. The van der Waals surface area contributed by atoms with Crippen molar-refractivity contribution in [1.29, 1.82) is 0 Å². The molecule has 1 aromatic carbocycles. The van der Waals surface area contributed by atoms with Gasteiger partial charge in [0.15, 0.2) is 5.95 Å². The summed E-state index contributed by atoms with van der Waals surface area (Å²) in [5.41, 5.74) is 7.03. The number of nitrogens with two attached hydrogens (primary N) is 1. The first-order chi connectivity index (χ1) is 6.66. The Labute approximate surface area is 88.3 Å². The molecule has 0 bridgehead atoms. The van der Waals surface area contributed by atoms with Crippen LogP contribution in [0, 0.1) is 5.82 Å². The highest BCUT2D eigenvalue weighted by Gasteiger charge is 2.06. The van der Waals surface area contributed by atoms with Crippen molar-refractivity contribution >= 4 is 21.9 Å². The molecule has 0 amide bonds. The van der Waals surface area contributed by atoms with Gasteiger partial charge < -0.3 is 10.7 Å².